The molecule has 0 saturated carbocycles. The summed E-state index contributed by atoms with van der Waals surface area (Å²) in [5, 5.41) is 12.0. The average molecular weight is 456 g/mol. The van der Waals surface area contributed by atoms with Gasteiger partial charge in [-0.1, -0.05) is 19.9 Å². The summed E-state index contributed by atoms with van der Waals surface area (Å²) in [4.78, 5) is 6.81. The molecule has 1 aliphatic heterocycles. The number of nitrogens with zero attached hydrogens (tertiary/aromatic N) is 5. The van der Waals surface area contributed by atoms with Crippen LogP contribution in [0.3, 0.4) is 0 Å². The van der Waals surface area contributed by atoms with Crippen LogP contribution in [0.1, 0.15) is 39.9 Å². The monoisotopic (exact) mass is 456 g/mol. The molecule has 138 valence electrons. The van der Waals surface area contributed by atoms with Crippen molar-refractivity contribution >= 4 is 35.6 Å². The highest BCUT2D eigenvalue weighted by atomic mass is 127. The summed E-state index contributed by atoms with van der Waals surface area (Å²) in [5.41, 5.74) is 1.34. The number of guanidine groups is 1. The number of pyridine rings is 1. The Morgan fingerprint density at radius 3 is 2.64 bits per heavy atom. The molecule has 0 unspecified atom stereocenters. The highest BCUT2D eigenvalue weighted by molar-refractivity contribution is 14.0. The van der Waals surface area contributed by atoms with E-state index in [0.717, 1.165) is 43.4 Å². The first-order chi connectivity index (χ1) is 11.4. The molecule has 0 aromatic carbocycles. The van der Waals surface area contributed by atoms with Crippen molar-refractivity contribution in [3.63, 3.8) is 0 Å². The zero-order chi connectivity index (χ0) is 17.4. The van der Waals surface area contributed by atoms with E-state index in [1.165, 1.54) is 0 Å². The molecule has 1 fully saturated rings. The molecule has 7 heteroatoms. The Kier molecular flexibility index (Phi) is 5.96. The summed E-state index contributed by atoms with van der Waals surface area (Å²) in [6, 6.07) is 5.97. The molecule has 2 aromatic rings. The van der Waals surface area contributed by atoms with E-state index in [9.17, 15) is 0 Å². The van der Waals surface area contributed by atoms with Crippen molar-refractivity contribution in [2.45, 2.75) is 46.1 Å². The number of nitrogens with one attached hydrogen (secondary N) is 1. The second-order valence-corrected chi connectivity index (χ2v) is 7.65. The zero-order valence-corrected chi connectivity index (χ0v) is 18.1. The molecule has 2 aromatic heterocycles. The number of aliphatic imine (C=N–C) groups is 1. The molecule has 0 radical (unpaired) electrons. The van der Waals surface area contributed by atoms with E-state index in [1.54, 1.807) is 0 Å². The Hall–Kier alpha value is -1.38. The Balaban J connectivity index is 0.00000225. The fourth-order valence-electron chi connectivity index (χ4n) is 3.20. The van der Waals surface area contributed by atoms with Crippen LogP contribution >= 0.6 is 24.0 Å². The van der Waals surface area contributed by atoms with E-state index in [0.29, 0.717) is 5.41 Å². The third kappa shape index (κ3) is 3.61. The summed E-state index contributed by atoms with van der Waals surface area (Å²) >= 11 is 0. The summed E-state index contributed by atoms with van der Waals surface area (Å²) in [7, 11) is 1.86. The molecule has 0 amide bonds. The van der Waals surface area contributed by atoms with Crippen molar-refractivity contribution in [3.05, 3.63) is 30.2 Å². The molecular formula is C18H29IN6. The Morgan fingerprint density at radius 1 is 1.24 bits per heavy atom. The van der Waals surface area contributed by atoms with Crippen LogP contribution in [0.2, 0.25) is 0 Å². The molecule has 3 heterocycles. The van der Waals surface area contributed by atoms with Crippen LogP contribution in [0.25, 0.3) is 5.65 Å². The number of hydrogen-bond donors (Lipinski definition) is 1. The molecule has 0 aliphatic carbocycles. The minimum Gasteiger partial charge on any atom is -0.356 e. The average Bonchev–Trinajstić information content (AvgIpc) is 2.97. The third-order valence-electron chi connectivity index (χ3n) is 5.60. The lowest BCUT2D eigenvalue weighted by molar-refractivity contribution is -0.0667. The largest absolute Gasteiger partial charge is 0.356 e. The van der Waals surface area contributed by atoms with E-state index < -0.39 is 0 Å². The van der Waals surface area contributed by atoms with Crippen molar-refractivity contribution in [1.29, 1.82) is 0 Å². The standard InChI is InChI=1S/C18H28N6.HI/c1-17(2)13-24(18(17,3)4)16(19-5)20-11-8-10-15-22-21-14-9-6-7-12-23(14)15;/h6-7,9,12H,8,10-11,13H2,1-5H3,(H,19,20);1H. The highest BCUT2D eigenvalue weighted by Gasteiger charge is 2.53. The van der Waals surface area contributed by atoms with E-state index >= 15 is 0 Å². The second-order valence-electron chi connectivity index (χ2n) is 7.65. The summed E-state index contributed by atoms with van der Waals surface area (Å²) in [6.07, 6.45) is 3.90. The van der Waals surface area contributed by atoms with Gasteiger partial charge >= 0.3 is 0 Å². The van der Waals surface area contributed by atoms with Gasteiger partial charge in [0.15, 0.2) is 11.6 Å². The van der Waals surface area contributed by atoms with Gasteiger partial charge in [0, 0.05) is 43.7 Å². The molecule has 0 atom stereocenters. The molecule has 6 nitrogen and oxygen atoms in total. The molecule has 3 rings (SSSR count). The summed E-state index contributed by atoms with van der Waals surface area (Å²) in [5.74, 6) is 2.00. The fourth-order valence-corrected chi connectivity index (χ4v) is 3.20. The predicted molar refractivity (Wildman–Crippen MR) is 113 cm³/mol. The molecule has 0 bridgehead atoms. The van der Waals surface area contributed by atoms with Crippen LogP contribution in [-0.4, -0.2) is 51.1 Å². The van der Waals surface area contributed by atoms with Crippen LogP contribution in [0.15, 0.2) is 29.4 Å². The van der Waals surface area contributed by atoms with Gasteiger partial charge in [0.05, 0.1) is 0 Å². The van der Waals surface area contributed by atoms with Crippen LogP contribution in [0, 0.1) is 5.41 Å². The predicted octanol–water partition coefficient (Wildman–Crippen LogP) is 2.98. The SMILES string of the molecule is CN=C(NCCCc1nnc2ccccn12)N1CC(C)(C)C1(C)C.I. The molecule has 1 N–H and O–H groups in total. The Labute approximate surface area is 167 Å². The van der Waals surface area contributed by atoms with Gasteiger partial charge in [-0.15, -0.1) is 34.2 Å². The third-order valence-corrected chi connectivity index (χ3v) is 5.60. The minimum atomic E-state index is 0. The first-order valence-electron chi connectivity index (χ1n) is 8.64. The smallest absolute Gasteiger partial charge is 0.194 e. The van der Waals surface area contributed by atoms with Crippen molar-refractivity contribution in [2.24, 2.45) is 10.4 Å². The lowest BCUT2D eigenvalue weighted by Crippen LogP contribution is -2.72. The number of aryl methyl sites for hydroxylation is 1. The Morgan fingerprint density at radius 2 is 2.00 bits per heavy atom. The van der Waals surface area contributed by atoms with E-state index in [2.05, 4.69) is 57.5 Å². The van der Waals surface area contributed by atoms with E-state index in [4.69, 9.17) is 0 Å². The van der Waals surface area contributed by atoms with Gasteiger partial charge in [-0.2, -0.15) is 0 Å². The van der Waals surface area contributed by atoms with Gasteiger partial charge in [-0.3, -0.25) is 9.39 Å². The molecule has 25 heavy (non-hydrogen) atoms. The van der Waals surface area contributed by atoms with E-state index in [-0.39, 0.29) is 29.5 Å². The molecule has 1 aliphatic rings. The molecule has 0 spiro atoms. The van der Waals surface area contributed by atoms with Crippen LogP contribution in [0.4, 0.5) is 0 Å². The number of hydrogen-bond acceptors (Lipinski definition) is 3. The highest BCUT2D eigenvalue weighted by Crippen LogP contribution is 2.46. The summed E-state index contributed by atoms with van der Waals surface area (Å²) < 4.78 is 2.05. The fraction of sp³-hybridized carbons (Fsp3) is 0.611. The van der Waals surface area contributed by atoms with Crippen molar-refractivity contribution in [2.75, 3.05) is 20.1 Å². The Bertz CT molecular complexity index is 749. The zero-order valence-electron chi connectivity index (χ0n) is 15.8. The van der Waals surface area contributed by atoms with Gasteiger partial charge in [0.1, 0.15) is 5.82 Å². The normalized spacial score (nSPS) is 18.6. The van der Waals surface area contributed by atoms with Gasteiger partial charge in [-0.05, 0) is 32.4 Å². The first-order valence-corrected chi connectivity index (χ1v) is 8.64. The maximum absolute atomic E-state index is 4.45. The number of likely N-dealkylation sites (tertiary alicyclic amines) is 1. The van der Waals surface area contributed by atoms with Gasteiger partial charge in [-0.25, -0.2) is 0 Å². The van der Waals surface area contributed by atoms with Gasteiger partial charge < -0.3 is 10.2 Å². The quantitative estimate of drug-likeness (QED) is 0.333. The first kappa shape index (κ1) is 19.9. The second kappa shape index (κ2) is 7.47. The lowest BCUT2D eigenvalue weighted by atomic mass is 9.65. The van der Waals surface area contributed by atoms with Crippen molar-refractivity contribution < 1.29 is 0 Å². The topological polar surface area (TPSA) is 57.8 Å². The van der Waals surface area contributed by atoms with Gasteiger partial charge in [0.2, 0.25) is 0 Å². The van der Waals surface area contributed by atoms with Crippen LogP contribution in [0.5, 0.6) is 0 Å². The van der Waals surface area contributed by atoms with Crippen LogP contribution in [-0.2, 0) is 6.42 Å². The number of halogens is 1. The number of fused-ring (bicyclic) bond motifs is 1. The van der Waals surface area contributed by atoms with Crippen molar-refractivity contribution in [3.8, 4) is 0 Å². The van der Waals surface area contributed by atoms with E-state index in [1.807, 2.05) is 31.4 Å². The maximum Gasteiger partial charge on any atom is 0.194 e. The lowest BCUT2D eigenvalue weighted by Gasteiger charge is -2.62. The van der Waals surface area contributed by atoms with Gasteiger partial charge in [0.25, 0.3) is 0 Å². The number of aromatic nitrogens is 3. The van der Waals surface area contributed by atoms with Crippen molar-refractivity contribution in [1.82, 2.24) is 24.8 Å². The maximum atomic E-state index is 4.45. The molecular weight excluding hydrogens is 427 g/mol. The number of rotatable bonds is 4. The molecule has 1 saturated heterocycles. The minimum absolute atomic E-state index is 0. The van der Waals surface area contributed by atoms with Crippen LogP contribution < -0.4 is 5.32 Å². The summed E-state index contributed by atoms with van der Waals surface area (Å²) in [6.45, 7) is 11.1.